The summed E-state index contributed by atoms with van der Waals surface area (Å²) in [6.07, 6.45) is 5.25. The number of aromatic nitrogens is 2. The SMILES string of the molecule is C/C=C/Oc1ccc2c(c1)sc1ncnc(-c3cc(C(C)(C)C)c4ccccc4c3)c12. The highest BCUT2D eigenvalue weighted by Crippen LogP contribution is 2.41. The van der Waals surface area contributed by atoms with Crippen LogP contribution >= 0.6 is 11.3 Å². The zero-order valence-corrected chi connectivity index (χ0v) is 19.0. The smallest absolute Gasteiger partial charge is 0.128 e. The topological polar surface area (TPSA) is 35.0 Å². The van der Waals surface area contributed by atoms with Crippen molar-refractivity contribution in [2.45, 2.75) is 33.1 Å². The van der Waals surface area contributed by atoms with Crippen LogP contribution in [0.2, 0.25) is 0 Å². The van der Waals surface area contributed by atoms with Crippen LogP contribution in [0.1, 0.15) is 33.3 Å². The molecule has 0 fully saturated rings. The van der Waals surface area contributed by atoms with Crippen molar-refractivity contribution in [3.05, 3.63) is 78.8 Å². The molecular formula is C27H24N2OS. The van der Waals surface area contributed by atoms with Gasteiger partial charge in [-0.3, -0.25) is 0 Å². The van der Waals surface area contributed by atoms with E-state index in [9.17, 15) is 0 Å². The Hall–Kier alpha value is -3.24. The Morgan fingerprint density at radius 1 is 0.935 bits per heavy atom. The van der Waals surface area contributed by atoms with E-state index in [1.807, 2.05) is 19.1 Å². The molecule has 0 amide bonds. The molecule has 2 aromatic heterocycles. The standard InChI is InChI=1S/C27H24N2OS/c1-5-12-30-19-10-11-21-23(15-19)31-26-24(21)25(28-16-29-26)18-13-17-8-6-7-9-20(17)22(14-18)27(2,3)4/h5-16H,1-4H3/b12-5+. The highest BCUT2D eigenvalue weighted by molar-refractivity contribution is 7.25. The van der Waals surface area contributed by atoms with Crippen LogP contribution in [0, 0.1) is 0 Å². The summed E-state index contributed by atoms with van der Waals surface area (Å²) >= 11 is 1.68. The van der Waals surface area contributed by atoms with Crippen LogP contribution in [-0.2, 0) is 5.41 Å². The van der Waals surface area contributed by atoms with E-state index < -0.39 is 0 Å². The molecule has 5 aromatic rings. The molecule has 3 nitrogen and oxygen atoms in total. The Morgan fingerprint density at radius 3 is 2.58 bits per heavy atom. The number of hydrogen-bond donors (Lipinski definition) is 0. The lowest BCUT2D eigenvalue weighted by Crippen LogP contribution is -2.12. The fraction of sp³-hybridized carbons (Fsp3) is 0.185. The second-order valence-electron chi connectivity index (χ2n) is 8.74. The minimum Gasteiger partial charge on any atom is -0.465 e. The van der Waals surface area contributed by atoms with Crippen molar-refractivity contribution in [3.63, 3.8) is 0 Å². The van der Waals surface area contributed by atoms with E-state index in [1.54, 1.807) is 23.9 Å². The molecule has 0 unspecified atom stereocenters. The minimum atomic E-state index is 0.0253. The molecule has 31 heavy (non-hydrogen) atoms. The second-order valence-corrected chi connectivity index (χ2v) is 9.78. The van der Waals surface area contributed by atoms with Crippen molar-refractivity contribution >= 4 is 42.4 Å². The first-order valence-corrected chi connectivity index (χ1v) is 11.3. The molecule has 0 aliphatic rings. The van der Waals surface area contributed by atoms with E-state index in [-0.39, 0.29) is 5.41 Å². The highest BCUT2D eigenvalue weighted by Gasteiger charge is 2.20. The van der Waals surface area contributed by atoms with E-state index in [0.717, 1.165) is 37.3 Å². The molecule has 0 saturated heterocycles. The van der Waals surface area contributed by atoms with Crippen molar-refractivity contribution in [1.29, 1.82) is 0 Å². The fourth-order valence-corrected chi connectivity index (χ4v) is 5.17. The second kappa shape index (κ2) is 7.47. The minimum absolute atomic E-state index is 0.0253. The summed E-state index contributed by atoms with van der Waals surface area (Å²) in [5, 5.41) is 4.80. The van der Waals surface area contributed by atoms with E-state index in [0.29, 0.717) is 0 Å². The molecular weight excluding hydrogens is 400 g/mol. The maximum Gasteiger partial charge on any atom is 0.128 e. The Morgan fingerprint density at radius 2 is 1.77 bits per heavy atom. The molecule has 0 bridgehead atoms. The van der Waals surface area contributed by atoms with E-state index >= 15 is 0 Å². The van der Waals surface area contributed by atoms with Gasteiger partial charge in [-0.1, -0.05) is 51.1 Å². The van der Waals surface area contributed by atoms with Gasteiger partial charge in [0.05, 0.1) is 12.0 Å². The van der Waals surface area contributed by atoms with Crippen LogP contribution in [-0.4, -0.2) is 9.97 Å². The normalized spacial score (nSPS) is 12.4. The summed E-state index contributed by atoms with van der Waals surface area (Å²) in [6, 6.07) is 19.4. The van der Waals surface area contributed by atoms with E-state index in [1.165, 1.54) is 16.3 Å². The lowest BCUT2D eigenvalue weighted by Gasteiger charge is -2.22. The fourth-order valence-electron chi connectivity index (χ4n) is 4.09. The van der Waals surface area contributed by atoms with Gasteiger partial charge in [0.25, 0.3) is 0 Å². The van der Waals surface area contributed by atoms with Crippen LogP contribution in [0.4, 0.5) is 0 Å². The summed E-state index contributed by atoms with van der Waals surface area (Å²) in [7, 11) is 0. The molecule has 0 N–H and O–H groups in total. The van der Waals surface area contributed by atoms with Gasteiger partial charge in [0.15, 0.2) is 0 Å². The lowest BCUT2D eigenvalue weighted by atomic mass is 9.82. The van der Waals surface area contributed by atoms with Crippen LogP contribution in [0.3, 0.4) is 0 Å². The third-order valence-electron chi connectivity index (χ3n) is 5.53. The number of rotatable bonds is 3. The molecule has 0 atom stereocenters. The van der Waals surface area contributed by atoms with Gasteiger partial charge in [0, 0.05) is 21.0 Å². The Balaban J connectivity index is 1.78. The van der Waals surface area contributed by atoms with E-state index in [4.69, 9.17) is 9.72 Å². The Labute approximate surface area is 186 Å². The molecule has 154 valence electrons. The van der Waals surface area contributed by atoms with E-state index in [2.05, 4.69) is 74.3 Å². The third kappa shape index (κ3) is 3.47. The largest absolute Gasteiger partial charge is 0.465 e. The molecule has 4 heteroatoms. The van der Waals surface area contributed by atoms with Crippen molar-refractivity contribution in [3.8, 4) is 17.0 Å². The highest BCUT2D eigenvalue weighted by atomic mass is 32.1. The number of fused-ring (bicyclic) bond motifs is 4. The average molecular weight is 425 g/mol. The van der Waals surface area contributed by atoms with Gasteiger partial charge in [-0.15, -0.1) is 11.3 Å². The summed E-state index contributed by atoms with van der Waals surface area (Å²) in [5.74, 6) is 0.826. The summed E-state index contributed by atoms with van der Waals surface area (Å²) in [5.41, 5.74) is 3.46. The zero-order chi connectivity index (χ0) is 21.6. The van der Waals surface area contributed by atoms with Crippen LogP contribution in [0.25, 0.3) is 42.3 Å². The van der Waals surface area contributed by atoms with Crippen LogP contribution in [0.5, 0.6) is 5.75 Å². The number of allylic oxidation sites excluding steroid dienone is 1. The van der Waals surface area contributed by atoms with Gasteiger partial charge >= 0.3 is 0 Å². The third-order valence-corrected chi connectivity index (χ3v) is 6.59. The maximum atomic E-state index is 5.67. The summed E-state index contributed by atoms with van der Waals surface area (Å²) in [6.45, 7) is 8.73. The van der Waals surface area contributed by atoms with Crippen molar-refractivity contribution in [2.75, 3.05) is 0 Å². The summed E-state index contributed by atoms with van der Waals surface area (Å²) in [4.78, 5) is 10.3. The molecule has 0 saturated carbocycles. The van der Waals surface area contributed by atoms with Gasteiger partial charge < -0.3 is 4.74 Å². The number of thiophene rings is 1. The number of ether oxygens (including phenoxy) is 1. The molecule has 3 aromatic carbocycles. The Kier molecular flexibility index (Phi) is 4.75. The Bertz CT molecular complexity index is 1460. The zero-order valence-electron chi connectivity index (χ0n) is 18.1. The van der Waals surface area contributed by atoms with Crippen molar-refractivity contribution in [2.24, 2.45) is 0 Å². The number of benzene rings is 3. The lowest BCUT2D eigenvalue weighted by molar-refractivity contribution is 0.481. The molecule has 0 aliphatic heterocycles. The monoisotopic (exact) mass is 424 g/mol. The number of nitrogens with zero attached hydrogens (tertiary/aromatic N) is 2. The van der Waals surface area contributed by atoms with Gasteiger partial charge in [0.1, 0.15) is 16.9 Å². The first-order valence-electron chi connectivity index (χ1n) is 10.4. The average Bonchev–Trinajstić information content (AvgIpc) is 3.14. The van der Waals surface area contributed by atoms with Crippen molar-refractivity contribution in [1.82, 2.24) is 9.97 Å². The first-order chi connectivity index (χ1) is 15.0. The summed E-state index contributed by atoms with van der Waals surface area (Å²) < 4.78 is 6.81. The van der Waals surface area contributed by atoms with Gasteiger partial charge in [0.2, 0.25) is 0 Å². The van der Waals surface area contributed by atoms with Gasteiger partial charge in [-0.2, -0.15) is 0 Å². The molecule has 0 radical (unpaired) electrons. The molecule has 2 heterocycles. The van der Waals surface area contributed by atoms with Crippen LogP contribution < -0.4 is 4.74 Å². The molecule has 5 rings (SSSR count). The predicted octanol–water partition coefficient (Wildman–Crippen LogP) is 7.87. The number of hydrogen-bond acceptors (Lipinski definition) is 4. The van der Waals surface area contributed by atoms with Crippen molar-refractivity contribution < 1.29 is 4.74 Å². The maximum absolute atomic E-state index is 5.67. The first kappa shape index (κ1) is 19.7. The quantitative estimate of drug-likeness (QED) is 0.276. The molecule has 0 aliphatic carbocycles. The predicted molar refractivity (Wildman–Crippen MR) is 132 cm³/mol. The molecule has 0 spiro atoms. The van der Waals surface area contributed by atoms with Crippen LogP contribution in [0.15, 0.2) is 73.3 Å². The van der Waals surface area contributed by atoms with Gasteiger partial charge in [-0.05, 0) is 59.0 Å². The van der Waals surface area contributed by atoms with Gasteiger partial charge in [-0.25, -0.2) is 9.97 Å².